The number of hydrogen-bond acceptors (Lipinski definition) is 2. The molecule has 1 aliphatic rings. The number of benzene rings is 1. The van der Waals surface area contributed by atoms with Crippen LogP contribution in [0, 0.1) is 5.92 Å². The minimum absolute atomic E-state index is 0.0779. The van der Waals surface area contributed by atoms with Gasteiger partial charge in [-0.3, -0.25) is 4.55 Å². The maximum absolute atomic E-state index is 11.2. The SMILES string of the molecule is CC1CCC(c2ccccc2S(=O)(=O)O)C1. The van der Waals surface area contributed by atoms with E-state index in [0.717, 1.165) is 24.8 Å². The van der Waals surface area contributed by atoms with Crippen molar-refractivity contribution in [1.82, 2.24) is 0 Å². The molecule has 88 valence electrons. The molecule has 1 fully saturated rings. The van der Waals surface area contributed by atoms with Gasteiger partial charge in [-0.1, -0.05) is 31.5 Å². The molecular formula is C12H16O3S. The minimum Gasteiger partial charge on any atom is -0.282 e. The highest BCUT2D eigenvalue weighted by Crippen LogP contribution is 2.40. The summed E-state index contributed by atoms with van der Waals surface area (Å²) in [5.41, 5.74) is 0.773. The molecule has 1 saturated carbocycles. The van der Waals surface area contributed by atoms with Gasteiger partial charge in [0.1, 0.15) is 0 Å². The molecule has 0 aromatic heterocycles. The lowest BCUT2D eigenvalue weighted by molar-refractivity contribution is 0.480. The smallest absolute Gasteiger partial charge is 0.282 e. The summed E-state index contributed by atoms with van der Waals surface area (Å²) in [4.78, 5) is 0.0779. The maximum atomic E-state index is 11.2. The molecule has 2 atom stereocenters. The molecule has 1 aliphatic carbocycles. The zero-order valence-corrected chi connectivity index (χ0v) is 10.1. The standard InChI is InChI=1S/C12H16O3S/c1-9-6-7-10(8-9)11-4-2-3-5-12(11)16(13,14)15/h2-5,9-10H,6-8H2,1H3,(H,13,14,15). The van der Waals surface area contributed by atoms with Crippen LogP contribution in [0.15, 0.2) is 29.2 Å². The number of hydrogen-bond donors (Lipinski definition) is 1. The van der Waals surface area contributed by atoms with Crippen molar-refractivity contribution in [2.45, 2.75) is 37.0 Å². The van der Waals surface area contributed by atoms with Gasteiger partial charge in [0.15, 0.2) is 0 Å². The molecule has 0 saturated heterocycles. The van der Waals surface area contributed by atoms with Crippen molar-refractivity contribution in [1.29, 1.82) is 0 Å². The summed E-state index contributed by atoms with van der Waals surface area (Å²) in [7, 11) is -4.09. The number of rotatable bonds is 2. The van der Waals surface area contributed by atoms with Crippen LogP contribution in [-0.2, 0) is 10.1 Å². The van der Waals surface area contributed by atoms with E-state index in [4.69, 9.17) is 4.55 Å². The Bertz CT molecular complexity index is 479. The van der Waals surface area contributed by atoms with E-state index in [0.29, 0.717) is 5.92 Å². The first kappa shape index (κ1) is 11.6. The summed E-state index contributed by atoms with van der Waals surface area (Å²) in [6, 6.07) is 6.76. The second-order valence-corrected chi connectivity index (χ2v) is 6.02. The van der Waals surface area contributed by atoms with Crippen LogP contribution in [-0.4, -0.2) is 13.0 Å². The Labute approximate surface area is 96.2 Å². The van der Waals surface area contributed by atoms with Gasteiger partial charge in [-0.2, -0.15) is 8.42 Å². The molecule has 4 heteroatoms. The van der Waals surface area contributed by atoms with Gasteiger partial charge < -0.3 is 0 Å². The van der Waals surface area contributed by atoms with Crippen molar-refractivity contribution in [3.8, 4) is 0 Å². The quantitative estimate of drug-likeness (QED) is 0.809. The lowest BCUT2D eigenvalue weighted by atomic mass is 9.97. The molecule has 0 heterocycles. The molecular weight excluding hydrogens is 224 g/mol. The van der Waals surface area contributed by atoms with Crippen molar-refractivity contribution < 1.29 is 13.0 Å². The van der Waals surface area contributed by atoms with Crippen molar-refractivity contribution in [3.05, 3.63) is 29.8 Å². The lowest BCUT2D eigenvalue weighted by Crippen LogP contribution is -2.05. The Kier molecular flexibility index (Phi) is 3.04. The Morgan fingerprint density at radius 2 is 1.94 bits per heavy atom. The first-order valence-electron chi connectivity index (χ1n) is 5.55. The van der Waals surface area contributed by atoms with Crippen LogP contribution in [0.1, 0.15) is 37.7 Å². The molecule has 3 nitrogen and oxygen atoms in total. The summed E-state index contributed by atoms with van der Waals surface area (Å²) in [5.74, 6) is 0.910. The average molecular weight is 240 g/mol. The zero-order valence-electron chi connectivity index (χ0n) is 9.26. The Hall–Kier alpha value is -0.870. The normalized spacial score (nSPS) is 25.9. The molecule has 0 amide bonds. The largest absolute Gasteiger partial charge is 0.294 e. The summed E-state index contributed by atoms with van der Waals surface area (Å²) >= 11 is 0. The monoisotopic (exact) mass is 240 g/mol. The zero-order chi connectivity index (χ0) is 11.8. The molecule has 0 bridgehead atoms. The predicted octanol–water partition coefficient (Wildman–Crippen LogP) is 2.84. The first-order valence-corrected chi connectivity index (χ1v) is 6.99. The first-order chi connectivity index (χ1) is 7.48. The Balaban J connectivity index is 2.41. The van der Waals surface area contributed by atoms with Crippen molar-refractivity contribution >= 4 is 10.1 Å². The predicted molar refractivity (Wildman–Crippen MR) is 62.0 cm³/mol. The average Bonchev–Trinajstić information content (AvgIpc) is 2.64. The summed E-state index contributed by atoms with van der Waals surface area (Å²) in [6.45, 7) is 2.18. The van der Waals surface area contributed by atoms with E-state index in [1.54, 1.807) is 6.07 Å². The van der Waals surface area contributed by atoms with Crippen LogP contribution in [0.3, 0.4) is 0 Å². The fourth-order valence-corrected chi connectivity index (χ4v) is 3.33. The van der Waals surface area contributed by atoms with Gasteiger partial charge in [0.05, 0.1) is 4.90 Å². The van der Waals surface area contributed by atoms with E-state index in [1.807, 2.05) is 12.1 Å². The Morgan fingerprint density at radius 3 is 2.50 bits per heavy atom. The third kappa shape index (κ3) is 2.28. The van der Waals surface area contributed by atoms with Crippen LogP contribution in [0.2, 0.25) is 0 Å². The highest BCUT2D eigenvalue weighted by Gasteiger charge is 2.27. The van der Waals surface area contributed by atoms with Crippen LogP contribution in [0.25, 0.3) is 0 Å². The van der Waals surface area contributed by atoms with Gasteiger partial charge in [0, 0.05) is 0 Å². The topological polar surface area (TPSA) is 54.4 Å². The van der Waals surface area contributed by atoms with E-state index in [2.05, 4.69) is 6.92 Å². The molecule has 0 radical (unpaired) electrons. The van der Waals surface area contributed by atoms with E-state index in [-0.39, 0.29) is 10.8 Å². The van der Waals surface area contributed by atoms with Crippen LogP contribution < -0.4 is 0 Å². The minimum atomic E-state index is -4.09. The Morgan fingerprint density at radius 1 is 1.25 bits per heavy atom. The fraction of sp³-hybridized carbons (Fsp3) is 0.500. The van der Waals surface area contributed by atoms with Crippen molar-refractivity contribution in [2.24, 2.45) is 5.92 Å². The second-order valence-electron chi connectivity index (χ2n) is 4.63. The molecule has 16 heavy (non-hydrogen) atoms. The van der Waals surface area contributed by atoms with Gasteiger partial charge in [0.2, 0.25) is 0 Å². The lowest BCUT2D eigenvalue weighted by Gasteiger charge is -2.13. The third-order valence-corrected chi connectivity index (χ3v) is 4.26. The summed E-state index contributed by atoms with van der Waals surface area (Å²) in [5, 5.41) is 0. The van der Waals surface area contributed by atoms with E-state index in [9.17, 15) is 8.42 Å². The fourth-order valence-electron chi connectivity index (χ4n) is 2.54. The van der Waals surface area contributed by atoms with Gasteiger partial charge >= 0.3 is 0 Å². The van der Waals surface area contributed by atoms with E-state index in [1.165, 1.54) is 6.07 Å². The molecule has 1 aromatic rings. The van der Waals surface area contributed by atoms with Crippen molar-refractivity contribution in [3.63, 3.8) is 0 Å². The van der Waals surface area contributed by atoms with Gasteiger partial charge in [-0.05, 0) is 36.3 Å². The van der Waals surface area contributed by atoms with Crippen LogP contribution >= 0.6 is 0 Å². The summed E-state index contributed by atoms with van der Waals surface area (Å²) in [6.07, 6.45) is 3.14. The molecule has 2 rings (SSSR count). The summed E-state index contributed by atoms with van der Waals surface area (Å²) < 4.78 is 31.7. The third-order valence-electron chi connectivity index (χ3n) is 3.33. The van der Waals surface area contributed by atoms with Gasteiger partial charge in [-0.15, -0.1) is 0 Å². The van der Waals surface area contributed by atoms with Crippen LogP contribution in [0.4, 0.5) is 0 Å². The maximum Gasteiger partial charge on any atom is 0.294 e. The van der Waals surface area contributed by atoms with E-state index >= 15 is 0 Å². The molecule has 2 unspecified atom stereocenters. The molecule has 1 aromatic carbocycles. The van der Waals surface area contributed by atoms with Crippen molar-refractivity contribution in [2.75, 3.05) is 0 Å². The van der Waals surface area contributed by atoms with Crippen LogP contribution in [0.5, 0.6) is 0 Å². The van der Waals surface area contributed by atoms with Gasteiger partial charge in [-0.25, -0.2) is 0 Å². The second kappa shape index (κ2) is 4.18. The molecule has 0 spiro atoms. The highest BCUT2D eigenvalue weighted by atomic mass is 32.2. The van der Waals surface area contributed by atoms with E-state index < -0.39 is 10.1 Å². The van der Waals surface area contributed by atoms with Gasteiger partial charge in [0.25, 0.3) is 10.1 Å². The highest BCUT2D eigenvalue weighted by molar-refractivity contribution is 7.85. The molecule has 1 N–H and O–H groups in total. The molecule has 0 aliphatic heterocycles.